The fraction of sp³-hybridized carbons (Fsp3) is 0.600. The van der Waals surface area contributed by atoms with E-state index >= 15 is 0 Å². The number of nitrogens with one attached hydrogen (secondary N) is 1. The number of aliphatic hydroxyl groups is 2. The molecule has 0 saturated heterocycles. The molecule has 4 heteroatoms. The summed E-state index contributed by atoms with van der Waals surface area (Å²) in [5, 5.41) is 23.3. The second-order valence-corrected chi connectivity index (χ2v) is 5.66. The highest BCUT2D eigenvalue weighted by Gasteiger charge is 2.23. The average Bonchev–Trinajstić information content (AvgIpc) is 2.37. The minimum atomic E-state index is -0.574. The first-order valence-corrected chi connectivity index (χ1v) is 7.13. The average molecular weight is 286 g/mol. The van der Waals surface area contributed by atoms with Gasteiger partial charge >= 0.3 is 0 Å². The fourth-order valence-corrected chi connectivity index (χ4v) is 2.24. The lowest BCUT2D eigenvalue weighted by Gasteiger charge is -2.28. The maximum Gasteiger partial charge on any atom is 0.0945 e. The third-order valence-electron chi connectivity index (χ3n) is 3.30. The Kier molecular flexibility index (Phi) is 6.80. The lowest BCUT2D eigenvalue weighted by molar-refractivity contribution is 0.104. The highest BCUT2D eigenvalue weighted by Crippen LogP contribution is 2.25. The van der Waals surface area contributed by atoms with Crippen molar-refractivity contribution in [1.82, 2.24) is 5.32 Å². The maximum atomic E-state index is 10.5. The van der Waals surface area contributed by atoms with Crippen LogP contribution in [0.2, 0.25) is 5.02 Å². The number of hydrogen-bond acceptors (Lipinski definition) is 3. The molecule has 2 unspecified atom stereocenters. The Morgan fingerprint density at radius 1 is 1.32 bits per heavy atom. The summed E-state index contributed by atoms with van der Waals surface area (Å²) in [5.41, 5.74) is 1.84. The summed E-state index contributed by atoms with van der Waals surface area (Å²) in [7, 11) is 0. The Morgan fingerprint density at radius 3 is 2.53 bits per heavy atom. The minimum Gasteiger partial charge on any atom is -0.396 e. The molecule has 1 rings (SSSR count). The molecular formula is C15H24ClNO2. The van der Waals surface area contributed by atoms with E-state index in [0.717, 1.165) is 11.1 Å². The molecule has 19 heavy (non-hydrogen) atoms. The van der Waals surface area contributed by atoms with Gasteiger partial charge in [-0.15, -0.1) is 0 Å². The topological polar surface area (TPSA) is 52.5 Å². The first-order chi connectivity index (χ1) is 8.97. The lowest BCUT2D eigenvalue weighted by Crippen LogP contribution is -2.40. The molecule has 1 aromatic carbocycles. The SMILES string of the molecule is Cc1cc(C(O)C(NCCCO)C(C)C)ccc1Cl. The van der Waals surface area contributed by atoms with Crippen molar-refractivity contribution in [3.8, 4) is 0 Å². The van der Waals surface area contributed by atoms with Gasteiger partial charge in [-0.2, -0.15) is 0 Å². The van der Waals surface area contributed by atoms with Crippen molar-refractivity contribution in [3.05, 3.63) is 34.3 Å². The van der Waals surface area contributed by atoms with E-state index in [1.54, 1.807) is 0 Å². The molecule has 0 saturated carbocycles. The van der Waals surface area contributed by atoms with Gasteiger partial charge in [0.05, 0.1) is 6.10 Å². The van der Waals surface area contributed by atoms with Crippen molar-refractivity contribution in [1.29, 1.82) is 0 Å². The fourth-order valence-electron chi connectivity index (χ4n) is 2.12. The van der Waals surface area contributed by atoms with Crippen LogP contribution in [0.5, 0.6) is 0 Å². The van der Waals surface area contributed by atoms with Gasteiger partial charge in [0.2, 0.25) is 0 Å². The molecule has 0 radical (unpaired) electrons. The number of benzene rings is 1. The van der Waals surface area contributed by atoms with Gasteiger partial charge in [0.25, 0.3) is 0 Å². The van der Waals surface area contributed by atoms with E-state index in [0.29, 0.717) is 23.9 Å². The van der Waals surface area contributed by atoms with E-state index in [1.807, 2.05) is 25.1 Å². The monoisotopic (exact) mass is 285 g/mol. The van der Waals surface area contributed by atoms with E-state index in [1.165, 1.54) is 0 Å². The molecule has 0 aromatic heterocycles. The largest absolute Gasteiger partial charge is 0.396 e. The summed E-state index contributed by atoms with van der Waals surface area (Å²) in [6.45, 7) is 6.93. The smallest absolute Gasteiger partial charge is 0.0945 e. The number of aryl methyl sites for hydroxylation is 1. The summed E-state index contributed by atoms with van der Waals surface area (Å²) in [5.74, 6) is 0.296. The van der Waals surface area contributed by atoms with Crippen molar-refractivity contribution in [2.24, 2.45) is 5.92 Å². The van der Waals surface area contributed by atoms with Crippen molar-refractivity contribution < 1.29 is 10.2 Å². The van der Waals surface area contributed by atoms with Gasteiger partial charge in [0.1, 0.15) is 0 Å². The molecule has 108 valence electrons. The van der Waals surface area contributed by atoms with Gasteiger partial charge in [-0.25, -0.2) is 0 Å². The zero-order valence-corrected chi connectivity index (χ0v) is 12.6. The molecule has 3 nitrogen and oxygen atoms in total. The normalized spacial score (nSPS) is 14.7. The zero-order valence-electron chi connectivity index (χ0n) is 11.9. The predicted molar refractivity (Wildman–Crippen MR) is 79.5 cm³/mol. The minimum absolute atomic E-state index is 0.0351. The van der Waals surface area contributed by atoms with Crippen molar-refractivity contribution in [2.75, 3.05) is 13.2 Å². The Morgan fingerprint density at radius 2 is 2.00 bits per heavy atom. The molecule has 0 heterocycles. The van der Waals surface area contributed by atoms with Gasteiger partial charge in [0, 0.05) is 17.7 Å². The van der Waals surface area contributed by atoms with Crippen LogP contribution in [0, 0.1) is 12.8 Å². The van der Waals surface area contributed by atoms with Gasteiger partial charge in [-0.3, -0.25) is 0 Å². The molecule has 3 N–H and O–H groups in total. The van der Waals surface area contributed by atoms with Crippen LogP contribution in [0.1, 0.15) is 37.5 Å². The van der Waals surface area contributed by atoms with Crippen LogP contribution in [0.4, 0.5) is 0 Å². The zero-order chi connectivity index (χ0) is 14.4. The number of rotatable bonds is 7. The van der Waals surface area contributed by atoms with E-state index in [9.17, 15) is 5.11 Å². The molecule has 0 bridgehead atoms. The summed E-state index contributed by atoms with van der Waals surface area (Å²) in [6.07, 6.45) is 0.116. The Balaban J connectivity index is 2.80. The first kappa shape index (κ1) is 16.4. The van der Waals surface area contributed by atoms with Crippen LogP contribution in [0.15, 0.2) is 18.2 Å². The molecule has 1 aromatic rings. The van der Waals surface area contributed by atoms with Gasteiger partial charge in [-0.1, -0.05) is 37.6 Å². The highest BCUT2D eigenvalue weighted by atomic mass is 35.5. The van der Waals surface area contributed by atoms with Crippen LogP contribution in [0.25, 0.3) is 0 Å². The molecule has 0 aliphatic carbocycles. The summed E-state index contributed by atoms with van der Waals surface area (Å²) in [6, 6.07) is 5.58. The molecule has 0 amide bonds. The number of hydrogen-bond donors (Lipinski definition) is 3. The summed E-state index contributed by atoms with van der Waals surface area (Å²) < 4.78 is 0. The van der Waals surface area contributed by atoms with Crippen LogP contribution >= 0.6 is 11.6 Å². The maximum absolute atomic E-state index is 10.5. The van der Waals surface area contributed by atoms with E-state index < -0.39 is 6.10 Å². The van der Waals surface area contributed by atoms with Gasteiger partial charge < -0.3 is 15.5 Å². The van der Waals surface area contributed by atoms with E-state index in [-0.39, 0.29) is 12.6 Å². The third-order valence-corrected chi connectivity index (χ3v) is 3.72. The molecule has 2 atom stereocenters. The number of aliphatic hydroxyl groups excluding tert-OH is 2. The molecular weight excluding hydrogens is 262 g/mol. The first-order valence-electron chi connectivity index (χ1n) is 6.75. The van der Waals surface area contributed by atoms with Gasteiger partial charge in [0.15, 0.2) is 0 Å². The lowest BCUT2D eigenvalue weighted by atomic mass is 9.92. The van der Waals surface area contributed by atoms with E-state index in [4.69, 9.17) is 16.7 Å². The molecule has 0 aliphatic rings. The van der Waals surface area contributed by atoms with Crippen LogP contribution in [-0.2, 0) is 0 Å². The Labute approximate surface area is 120 Å². The second kappa shape index (κ2) is 7.85. The van der Waals surface area contributed by atoms with E-state index in [2.05, 4.69) is 19.2 Å². The second-order valence-electron chi connectivity index (χ2n) is 5.25. The summed E-state index contributed by atoms with van der Waals surface area (Å²) in [4.78, 5) is 0. The Bertz CT molecular complexity index is 396. The van der Waals surface area contributed by atoms with Crippen LogP contribution in [-0.4, -0.2) is 29.4 Å². The van der Waals surface area contributed by atoms with Crippen molar-refractivity contribution in [2.45, 2.75) is 39.3 Å². The Hall–Kier alpha value is -0.610. The number of halogens is 1. The molecule has 0 fully saturated rings. The summed E-state index contributed by atoms with van der Waals surface area (Å²) >= 11 is 6.00. The predicted octanol–water partition coefficient (Wildman–Crippen LogP) is 2.68. The van der Waals surface area contributed by atoms with Crippen molar-refractivity contribution in [3.63, 3.8) is 0 Å². The standard InChI is InChI=1S/C15H24ClNO2/c1-10(2)14(17-7-4-8-18)15(19)12-5-6-13(16)11(3)9-12/h5-6,9-10,14-15,17-19H,4,7-8H2,1-3H3. The van der Waals surface area contributed by atoms with Crippen molar-refractivity contribution >= 4 is 11.6 Å². The van der Waals surface area contributed by atoms with Crippen LogP contribution in [0.3, 0.4) is 0 Å². The highest BCUT2D eigenvalue weighted by molar-refractivity contribution is 6.31. The van der Waals surface area contributed by atoms with Gasteiger partial charge in [-0.05, 0) is 43.0 Å². The molecule has 0 spiro atoms. The quantitative estimate of drug-likeness (QED) is 0.675. The third kappa shape index (κ3) is 4.77. The molecule has 0 aliphatic heterocycles. The van der Waals surface area contributed by atoms with Crippen LogP contribution < -0.4 is 5.32 Å².